The van der Waals surface area contributed by atoms with Crippen LogP contribution in [0.15, 0.2) is 23.7 Å². The molecule has 1 amide bonds. The van der Waals surface area contributed by atoms with Gasteiger partial charge in [0.2, 0.25) is 0 Å². The van der Waals surface area contributed by atoms with Crippen LogP contribution in [0.3, 0.4) is 0 Å². The van der Waals surface area contributed by atoms with Crippen LogP contribution < -0.4 is 10.2 Å². The van der Waals surface area contributed by atoms with Gasteiger partial charge < -0.3 is 15.0 Å². The quantitative estimate of drug-likeness (QED) is 0.858. The Morgan fingerprint density at radius 2 is 2.08 bits per heavy atom. The third-order valence-electron chi connectivity index (χ3n) is 4.24. The summed E-state index contributed by atoms with van der Waals surface area (Å²) >= 11 is 1.43. The molecule has 0 radical (unpaired) electrons. The number of nitrogens with one attached hydrogen (secondary N) is 1. The number of pyridine rings is 1. The maximum Gasteiger partial charge on any atom is 0.271 e. The van der Waals surface area contributed by atoms with Crippen LogP contribution in [0.5, 0.6) is 0 Å². The van der Waals surface area contributed by atoms with Crippen molar-refractivity contribution in [3.63, 3.8) is 0 Å². The number of carbonyl (C=O) groups is 1. The van der Waals surface area contributed by atoms with Crippen LogP contribution in [0.4, 0.5) is 5.82 Å². The molecule has 3 heterocycles. The first-order chi connectivity index (χ1) is 12.3. The fourth-order valence-electron chi connectivity index (χ4n) is 2.89. The topological polar surface area (TPSA) is 67.3 Å². The number of hydrogen-bond acceptors (Lipinski definition) is 6. The zero-order chi connectivity index (χ0) is 17.5. The van der Waals surface area contributed by atoms with Crippen LogP contribution in [0.1, 0.15) is 46.7 Å². The summed E-state index contributed by atoms with van der Waals surface area (Å²) in [6.07, 6.45) is 6.93. The van der Waals surface area contributed by atoms with E-state index in [9.17, 15) is 4.79 Å². The first-order valence-electron chi connectivity index (χ1n) is 8.67. The number of amides is 1. The summed E-state index contributed by atoms with van der Waals surface area (Å²) in [4.78, 5) is 23.3. The lowest BCUT2D eigenvalue weighted by Gasteiger charge is -2.21. The molecule has 6 nitrogen and oxygen atoms in total. The van der Waals surface area contributed by atoms with Crippen molar-refractivity contribution in [1.82, 2.24) is 15.3 Å². The first-order valence-corrected chi connectivity index (χ1v) is 9.55. The minimum atomic E-state index is -0.171. The molecule has 25 heavy (non-hydrogen) atoms. The molecule has 0 aromatic carbocycles. The number of ether oxygens (including phenoxy) is 1. The van der Waals surface area contributed by atoms with Crippen molar-refractivity contribution in [2.75, 3.05) is 25.1 Å². The molecule has 1 N–H and O–H groups in total. The van der Waals surface area contributed by atoms with E-state index in [0.29, 0.717) is 18.8 Å². The molecule has 0 spiro atoms. The molecule has 134 valence electrons. The normalized spacial score (nSPS) is 15.0. The Morgan fingerprint density at radius 3 is 2.76 bits per heavy atom. The summed E-state index contributed by atoms with van der Waals surface area (Å²) < 4.78 is 5.02. The Kier molecular flexibility index (Phi) is 6.36. The Balaban J connectivity index is 1.53. The van der Waals surface area contributed by atoms with E-state index in [1.54, 1.807) is 12.5 Å². The van der Waals surface area contributed by atoms with Crippen LogP contribution in [-0.2, 0) is 17.9 Å². The van der Waals surface area contributed by atoms with Gasteiger partial charge in [-0.2, -0.15) is 0 Å². The smallest absolute Gasteiger partial charge is 0.271 e. The van der Waals surface area contributed by atoms with E-state index in [0.717, 1.165) is 29.5 Å². The van der Waals surface area contributed by atoms with E-state index in [2.05, 4.69) is 20.2 Å². The molecule has 0 aliphatic carbocycles. The van der Waals surface area contributed by atoms with Gasteiger partial charge >= 0.3 is 0 Å². The van der Waals surface area contributed by atoms with E-state index in [-0.39, 0.29) is 5.91 Å². The summed E-state index contributed by atoms with van der Waals surface area (Å²) in [6.45, 7) is 3.04. The van der Waals surface area contributed by atoms with E-state index < -0.39 is 0 Å². The van der Waals surface area contributed by atoms with E-state index in [1.807, 2.05) is 18.3 Å². The van der Waals surface area contributed by atoms with Crippen molar-refractivity contribution >= 4 is 23.1 Å². The molecule has 0 saturated carbocycles. The van der Waals surface area contributed by atoms with Crippen LogP contribution in [-0.4, -0.2) is 36.1 Å². The van der Waals surface area contributed by atoms with Gasteiger partial charge in [-0.05, 0) is 24.5 Å². The molecule has 3 rings (SSSR count). The number of anilines is 1. The third-order valence-corrected chi connectivity index (χ3v) is 5.07. The van der Waals surface area contributed by atoms with E-state index in [1.165, 1.54) is 37.0 Å². The number of hydrogen-bond donors (Lipinski definition) is 1. The van der Waals surface area contributed by atoms with Gasteiger partial charge in [0.15, 0.2) is 0 Å². The van der Waals surface area contributed by atoms with Crippen molar-refractivity contribution in [2.24, 2.45) is 0 Å². The summed E-state index contributed by atoms with van der Waals surface area (Å²) in [5.41, 5.74) is 1.42. The minimum absolute atomic E-state index is 0.171. The Morgan fingerprint density at radius 1 is 1.28 bits per heavy atom. The molecule has 0 bridgehead atoms. The maximum absolute atomic E-state index is 12.2. The molecular formula is C18H24N4O2S. The van der Waals surface area contributed by atoms with Crippen molar-refractivity contribution in [3.05, 3.63) is 40.0 Å². The highest BCUT2D eigenvalue weighted by atomic mass is 32.1. The van der Waals surface area contributed by atoms with Gasteiger partial charge in [-0.15, -0.1) is 11.3 Å². The number of nitrogens with zero attached hydrogens (tertiary/aromatic N) is 3. The molecule has 2 aromatic heterocycles. The van der Waals surface area contributed by atoms with Gasteiger partial charge in [-0.25, -0.2) is 9.97 Å². The maximum atomic E-state index is 12.2. The number of thiazole rings is 1. The number of aromatic nitrogens is 2. The highest BCUT2D eigenvalue weighted by Crippen LogP contribution is 2.17. The average molecular weight is 360 g/mol. The molecule has 0 atom stereocenters. The summed E-state index contributed by atoms with van der Waals surface area (Å²) in [5.74, 6) is 0.857. The lowest BCUT2D eigenvalue weighted by Crippen LogP contribution is -2.25. The van der Waals surface area contributed by atoms with E-state index in [4.69, 9.17) is 4.74 Å². The predicted molar refractivity (Wildman–Crippen MR) is 98.9 cm³/mol. The SMILES string of the molecule is COCc1nc(C(=O)NCc2ccc(N3CCCCCC3)nc2)cs1. The number of rotatable bonds is 6. The largest absolute Gasteiger partial charge is 0.378 e. The lowest BCUT2D eigenvalue weighted by atomic mass is 10.2. The highest BCUT2D eigenvalue weighted by molar-refractivity contribution is 7.09. The lowest BCUT2D eigenvalue weighted by molar-refractivity contribution is 0.0946. The minimum Gasteiger partial charge on any atom is -0.378 e. The highest BCUT2D eigenvalue weighted by Gasteiger charge is 2.12. The summed E-state index contributed by atoms with van der Waals surface area (Å²) in [6, 6.07) is 4.08. The average Bonchev–Trinajstić information content (AvgIpc) is 2.94. The van der Waals surface area contributed by atoms with Gasteiger partial charge in [0.25, 0.3) is 5.91 Å². The molecule has 1 fully saturated rings. The first kappa shape index (κ1) is 17.8. The zero-order valence-electron chi connectivity index (χ0n) is 14.5. The second kappa shape index (κ2) is 8.92. The Labute approximate surface area is 152 Å². The predicted octanol–water partition coefficient (Wildman–Crippen LogP) is 2.99. The Bertz CT molecular complexity index is 679. The van der Waals surface area contributed by atoms with Crippen LogP contribution >= 0.6 is 11.3 Å². The zero-order valence-corrected chi connectivity index (χ0v) is 15.3. The molecule has 0 unspecified atom stereocenters. The fourth-order valence-corrected chi connectivity index (χ4v) is 3.63. The molecule has 7 heteroatoms. The molecule has 1 saturated heterocycles. The number of carbonyl (C=O) groups excluding carboxylic acids is 1. The standard InChI is InChI=1S/C18H24N4O2S/c1-24-12-17-21-15(13-25-17)18(23)20-11-14-6-7-16(19-10-14)22-8-4-2-3-5-9-22/h6-7,10,13H,2-5,8-9,11-12H2,1H3,(H,20,23). The van der Waals surface area contributed by atoms with Crippen molar-refractivity contribution < 1.29 is 9.53 Å². The third kappa shape index (κ3) is 4.99. The second-order valence-electron chi connectivity index (χ2n) is 6.17. The van der Waals surface area contributed by atoms with Gasteiger partial charge in [0.05, 0.1) is 6.61 Å². The van der Waals surface area contributed by atoms with Gasteiger partial charge in [0.1, 0.15) is 16.5 Å². The molecule has 2 aromatic rings. The van der Waals surface area contributed by atoms with Gasteiger partial charge in [0, 0.05) is 38.3 Å². The molecular weight excluding hydrogens is 336 g/mol. The van der Waals surface area contributed by atoms with E-state index >= 15 is 0 Å². The van der Waals surface area contributed by atoms with Crippen LogP contribution in [0.25, 0.3) is 0 Å². The Hall–Kier alpha value is -1.99. The van der Waals surface area contributed by atoms with Crippen molar-refractivity contribution in [1.29, 1.82) is 0 Å². The summed E-state index contributed by atoms with van der Waals surface area (Å²) in [5, 5.41) is 5.45. The van der Waals surface area contributed by atoms with Gasteiger partial charge in [-0.1, -0.05) is 18.9 Å². The second-order valence-corrected chi connectivity index (χ2v) is 7.11. The summed E-state index contributed by atoms with van der Waals surface area (Å²) in [7, 11) is 1.61. The van der Waals surface area contributed by atoms with Crippen molar-refractivity contribution in [3.8, 4) is 0 Å². The van der Waals surface area contributed by atoms with Crippen LogP contribution in [0, 0.1) is 0 Å². The monoisotopic (exact) mass is 360 g/mol. The van der Waals surface area contributed by atoms with Crippen molar-refractivity contribution in [2.45, 2.75) is 38.8 Å². The fraction of sp³-hybridized carbons (Fsp3) is 0.500. The number of methoxy groups -OCH3 is 1. The molecule has 1 aliphatic rings. The van der Waals surface area contributed by atoms with Gasteiger partial charge in [-0.3, -0.25) is 4.79 Å². The molecule has 1 aliphatic heterocycles. The van der Waals surface area contributed by atoms with Crippen LogP contribution in [0.2, 0.25) is 0 Å².